The van der Waals surface area contributed by atoms with Crippen LogP contribution in [-0.2, 0) is 4.79 Å². The highest BCUT2D eigenvalue weighted by molar-refractivity contribution is 5.88. The molecule has 0 amide bonds. The lowest BCUT2D eigenvalue weighted by molar-refractivity contribution is -0.112. The molecule has 0 atom stereocenters. The van der Waals surface area contributed by atoms with Crippen LogP contribution in [0.1, 0.15) is 13.8 Å². The van der Waals surface area contributed by atoms with Crippen LogP contribution in [0.2, 0.25) is 0 Å². The Kier molecular flexibility index (Phi) is 2.57. The summed E-state index contributed by atoms with van der Waals surface area (Å²) in [4.78, 5) is 10.2. The monoisotopic (exact) mass is 109 g/mol. The molecule has 0 fully saturated rings. The Morgan fingerprint density at radius 1 is 1.62 bits per heavy atom. The molecular weight excluding hydrogens is 102 g/mol. The lowest BCUT2D eigenvalue weighted by atomic mass is 10.3. The van der Waals surface area contributed by atoms with Crippen LogP contribution in [0.3, 0.4) is 0 Å². The molecule has 8 heavy (non-hydrogen) atoms. The summed E-state index contributed by atoms with van der Waals surface area (Å²) < 4.78 is 0. The van der Waals surface area contributed by atoms with E-state index in [1.165, 1.54) is 13.0 Å². The molecule has 0 heterocycles. The van der Waals surface area contributed by atoms with Crippen LogP contribution >= 0.6 is 0 Å². The molecule has 0 aliphatic carbocycles. The minimum Gasteiger partial charge on any atom is -0.295 e. The quantitative estimate of drug-likeness (QED) is 0.373. The van der Waals surface area contributed by atoms with Crippen molar-refractivity contribution in [2.24, 2.45) is 0 Å². The van der Waals surface area contributed by atoms with Crippen LogP contribution in [-0.4, -0.2) is 5.78 Å². The van der Waals surface area contributed by atoms with Gasteiger partial charge in [0.15, 0.2) is 5.78 Å². The second-order valence-corrected chi connectivity index (χ2v) is 1.55. The van der Waals surface area contributed by atoms with E-state index in [1.807, 2.05) is 6.07 Å². The van der Waals surface area contributed by atoms with Crippen molar-refractivity contribution >= 4 is 5.78 Å². The Bertz CT molecular complexity index is 162. The predicted octanol–water partition coefficient (Wildman–Crippen LogP) is 1.05. The van der Waals surface area contributed by atoms with Crippen molar-refractivity contribution in [1.29, 1.82) is 5.26 Å². The zero-order valence-corrected chi connectivity index (χ0v) is 4.93. The van der Waals surface area contributed by atoms with Gasteiger partial charge in [0, 0.05) is 5.57 Å². The third-order valence-corrected chi connectivity index (χ3v) is 0.596. The third kappa shape index (κ3) is 3.10. The van der Waals surface area contributed by atoms with E-state index in [1.54, 1.807) is 6.92 Å². The average Bonchev–Trinajstić information content (AvgIpc) is 1.65. The first-order valence-electron chi connectivity index (χ1n) is 2.26. The van der Waals surface area contributed by atoms with Crippen molar-refractivity contribution in [2.45, 2.75) is 13.8 Å². The second-order valence-electron chi connectivity index (χ2n) is 1.55. The maximum Gasteiger partial charge on any atom is 0.153 e. The predicted molar refractivity (Wildman–Crippen MR) is 30.1 cm³/mol. The molecule has 0 aromatic carbocycles. The summed E-state index contributed by atoms with van der Waals surface area (Å²) in [6.07, 6.45) is 1.31. The summed E-state index contributed by atoms with van der Waals surface area (Å²) in [7, 11) is 0. The number of nitrogens with zero attached hydrogens (tertiary/aromatic N) is 1. The number of hydrogen-bond acceptors (Lipinski definition) is 2. The number of allylic oxidation sites excluding steroid dienone is 2. The van der Waals surface area contributed by atoms with Gasteiger partial charge in [-0.25, -0.2) is 0 Å². The Balaban J connectivity index is 4.01. The van der Waals surface area contributed by atoms with E-state index in [9.17, 15) is 4.79 Å². The Morgan fingerprint density at radius 3 is 2.25 bits per heavy atom. The van der Waals surface area contributed by atoms with E-state index in [2.05, 4.69) is 0 Å². The van der Waals surface area contributed by atoms with E-state index in [0.717, 1.165) is 0 Å². The van der Waals surface area contributed by atoms with Crippen LogP contribution in [0.25, 0.3) is 0 Å². The molecule has 2 heteroatoms. The highest BCUT2D eigenvalue weighted by Crippen LogP contribution is 1.87. The van der Waals surface area contributed by atoms with Crippen LogP contribution < -0.4 is 0 Å². The minimum atomic E-state index is -0.0796. The second kappa shape index (κ2) is 2.98. The van der Waals surface area contributed by atoms with Gasteiger partial charge in [0.1, 0.15) is 0 Å². The summed E-state index contributed by atoms with van der Waals surface area (Å²) in [5, 5.41) is 8.11. The van der Waals surface area contributed by atoms with Crippen LogP contribution in [0.5, 0.6) is 0 Å². The maximum absolute atomic E-state index is 10.2. The standard InChI is InChI=1S/C6H7NO/c1-5(4-7)3-6(2)8/h3H,1-2H3/b5-3-. The molecule has 2 nitrogen and oxygen atoms in total. The van der Waals surface area contributed by atoms with Gasteiger partial charge in [0.25, 0.3) is 0 Å². The number of carbonyl (C=O) groups excluding carboxylic acids is 1. The number of ketones is 1. The Morgan fingerprint density at radius 2 is 2.12 bits per heavy atom. The first-order valence-corrected chi connectivity index (χ1v) is 2.26. The van der Waals surface area contributed by atoms with Crippen LogP contribution in [0.15, 0.2) is 11.6 Å². The van der Waals surface area contributed by atoms with Gasteiger partial charge >= 0.3 is 0 Å². The van der Waals surface area contributed by atoms with Gasteiger partial charge in [-0.3, -0.25) is 4.79 Å². The van der Waals surface area contributed by atoms with E-state index in [4.69, 9.17) is 5.26 Å². The van der Waals surface area contributed by atoms with Crippen LogP contribution in [0.4, 0.5) is 0 Å². The van der Waals surface area contributed by atoms with Gasteiger partial charge in [-0.15, -0.1) is 0 Å². The molecule has 0 saturated heterocycles. The van der Waals surface area contributed by atoms with E-state index < -0.39 is 0 Å². The smallest absolute Gasteiger partial charge is 0.153 e. The van der Waals surface area contributed by atoms with Gasteiger partial charge in [-0.05, 0) is 19.9 Å². The van der Waals surface area contributed by atoms with Gasteiger partial charge in [-0.2, -0.15) is 5.26 Å². The Hall–Kier alpha value is -1.10. The number of nitriles is 1. The first kappa shape index (κ1) is 6.90. The van der Waals surface area contributed by atoms with Crippen LogP contribution in [0, 0.1) is 11.3 Å². The fourth-order valence-corrected chi connectivity index (χ4v) is 0.337. The molecule has 0 spiro atoms. The summed E-state index contributed by atoms with van der Waals surface area (Å²) in [6.45, 7) is 3.02. The fraction of sp³-hybridized carbons (Fsp3) is 0.333. The SMILES string of the molecule is CC(=O)/C=C(/C)C#N. The molecule has 0 N–H and O–H groups in total. The van der Waals surface area contributed by atoms with Gasteiger partial charge in [0.05, 0.1) is 6.07 Å². The van der Waals surface area contributed by atoms with Crippen molar-refractivity contribution < 1.29 is 4.79 Å². The highest BCUT2D eigenvalue weighted by atomic mass is 16.1. The Labute approximate surface area is 48.4 Å². The molecule has 42 valence electrons. The van der Waals surface area contributed by atoms with Crippen molar-refractivity contribution in [1.82, 2.24) is 0 Å². The highest BCUT2D eigenvalue weighted by Gasteiger charge is 1.85. The van der Waals surface area contributed by atoms with Crippen molar-refractivity contribution in [3.8, 4) is 6.07 Å². The third-order valence-electron chi connectivity index (χ3n) is 0.596. The number of rotatable bonds is 1. The first-order chi connectivity index (χ1) is 3.66. The molecule has 0 aromatic heterocycles. The van der Waals surface area contributed by atoms with Gasteiger partial charge in [-0.1, -0.05) is 0 Å². The average molecular weight is 109 g/mol. The van der Waals surface area contributed by atoms with E-state index in [-0.39, 0.29) is 5.78 Å². The molecule has 0 unspecified atom stereocenters. The number of hydrogen-bond donors (Lipinski definition) is 0. The topological polar surface area (TPSA) is 40.9 Å². The maximum atomic E-state index is 10.2. The van der Waals surface area contributed by atoms with Crippen molar-refractivity contribution in [3.63, 3.8) is 0 Å². The van der Waals surface area contributed by atoms with Gasteiger partial charge in [0.2, 0.25) is 0 Å². The molecule has 0 saturated carbocycles. The number of carbonyl (C=O) groups is 1. The molecule has 0 aromatic rings. The van der Waals surface area contributed by atoms with Gasteiger partial charge < -0.3 is 0 Å². The van der Waals surface area contributed by atoms with E-state index in [0.29, 0.717) is 5.57 Å². The summed E-state index contributed by atoms with van der Waals surface area (Å²) in [6, 6.07) is 1.84. The zero-order valence-electron chi connectivity index (χ0n) is 4.93. The fourth-order valence-electron chi connectivity index (χ4n) is 0.337. The molecule has 0 aliphatic heterocycles. The van der Waals surface area contributed by atoms with Crippen molar-refractivity contribution in [3.05, 3.63) is 11.6 Å². The molecular formula is C6H7NO. The van der Waals surface area contributed by atoms with E-state index >= 15 is 0 Å². The molecule has 0 rings (SSSR count). The molecule has 0 aliphatic rings. The zero-order chi connectivity index (χ0) is 6.57. The summed E-state index contributed by atoms with van der Waals surface area (Å²) in [5.74, 6) is -0.0796. The molecule has 0 radical (unpaired) electrons. The minimum absolute atomic E-state index is 0.0796. The summed E-state index contributed by atoms with van der Waals surface area (Å²) in [5.41, 5.74) is 0.456. The lowest BCUT2D eigenvalue weighted by Gasteiger charge is -1.77. The molecule has 0 bridgehead atoms. The summed E-state index contributed by atoms with van der Waals surface area (Å²) >= 11 is 0. The van der Waals surface area contributed by atoms with Crippen molar-refractivity contribution in [2.75, 3.05) is 0 Å². The lowest BCUT2D eigenvalue weighted by Crippen LogP contribution is -1.81. The largest absolute Gasteiger partial charge is 0.295 e. The normalized spacial score (nSPS) is 10.4.